The fourth-order valence-corrected chi connectivity index (χ4v) is 3.88. The Kier molecular flexibility index (Phi) is 5.28. The minimum Gasteiger partial charge on any atom is -0.347 e. The SMILES string of the molecule is CCN(c1ccccc1)c1cc(C(=O)N2CCC3(CC2)OCCO3)nc(C)n1. The van der Waals surface area contributed by atoms with Crippen molar-refractivity contribution in [2.45, 2.75) is 32.5 Å². The number of ether oxygens (including phenoxy) is 2. The third kappa shape index (κ3) is 3.72. The molecule has 0 unspecified atom stereocenters. The van der Waals surface area contributed by atoms with E-state index in [1.807, 2.05) is 42.2 Å². The monoisotopic (exact) mass is 382 g/mol. The van der Waals surface area contributed by atoms with E-state index in [9.17, 15) is 4.79 Å². The fraction of sp³-hybridized carbons (Fsp3) is 0.476. The molecule has 28 heavy (non-hydrogen) atoms. The van der Waals surface area contributed by atoms with E-state index in [4.69, 9.17) is 9.47 Å². The molecule has 2 fully saturated rings. The van der Waals surface area contributed by atoms with Crippen molar-refractivity contribution in [3.05, 3.63) is 47.9 Å². The number of carbonyl (C=O) groups excluding carboxylic acids is 1. The van der Waals surface area contributed by atoms with E-state index in [1.165, 1.54) is 0 Å². The molecular weight excluding hydrogens is 356 g/mol. The van der Waals surface area contributed by atoms with Gasteiger partial charge in [-0.3, -0.25) is 4.79 Å². The molecule has 7 heteroatoms. The van der Waals surface area contributed by atoms with Crippen LogP contribution in [0.25, 0.3) is 0 Å². The van der Waals surface area contributed by atoms with Crippen LogP contribution in [0.5, 0.6) is 0 Å². The van der Waals surface area contributed by atoms with Gasteiger partial charge in [0.05, 0.1) is 13.2 Å². The lowest BCUT2D eigenvalue weighted by atomic mass is 10.0. The Morgan fingerprint density at radius 3 is 2.46 bits per heavy atom. The molecule has 0 saturated carbocycles. The van der Waals surface area contributed by atoms with E-state index in [0.29, 0.717) is 50.7 Å². The summed E-state index contributed by atoms with van der Waals surface area (Å²) in [6.07, 6.45) is 1.39. The van der Waals surface area contributed by atoms with Crippen LogP contribution in [0.3, 0.4) is 0 Å². The van der Waals surface area contributed by atoms with Gasteiger partial charge in [-0.25, -0.2) is 9.97 Å². The van der Waals surface area contributed by atoms with Crippen molar-refractivity contribution in [2.24, 2.45) is 0 Å². The summed E-state index contributed by atoms with van der Waals surface area (Å²) in [5.74, 6) is 0.769. The number of likely N-dealkylation sites (tertiary alicyclic amines) is 1. The van der Waals surface area contributed by atoms with Crippen LogP contribution in [0, 0.1) is 6.92 Å². The molecule has 1 spiro atoms. The number of carbonyl (C=O) groups is 1. The van der Waals surface area contributed by atoms with Crippen molar-refractivity contribution in [1.82, 2.24) is 14.9 Å². The van der Waals surface area contributed by atoms with Crippen molar-refractivity contribution >= 4 is 17.4 Å². The molecule has 148 valence electrons. The van der Waals surface area contributed by atoms with Gasteiger partial charge in [0.25, 0.3) is 5.91 Å². The van der Waals surface area contributed by atoms with Crippen molar-refractivity contribution in [3.8, 4) is 0 Å². The van der Waals surface area contributed by atoms with Crippen LogP contribution >= 0.6 is 0 Å². The quantitative estimate of drug-likeness (QED) is 0.810. The lowest BCUT2D eigenvalue weighted by molar-refractivity contribution is -0.181. The third-order valence-electron chi connectivity index (χ3n) is 5.33. The van der Waals surface area contributed by atoms with Crippen molar-refractivity contribution in [3.63, 3.8) is 0 Å². The zero-order valence-electron chi connectivity index (χ0n) is 16.4. The number of hydrogen-bond acceptors (Lipinski definition) is 6. The highest BCUT2D eigenvalue weighted by atomic mass is 16.7. The van der Waals surface area contributed by atoms with E-state index in [0.717, 1.165) is 18.1 Å². The molecule has 7 nitrogen and oxygen atoms in total. The summed E-state index contributed by atoms with van der Waals surface area (Å²) >= 11 is 0. The molecule has 4 rings (SSSR count). The van der Waals surface area contributed by atoms with Gasteiger partial charge in [0, 0.05) is 44.2 Å². The van der Waals surface area contributed by atoms with Gasteiger partial charge in [-0.05, 0) is 26.0 Å². The van der Waals surface area contributed by atoms with Gasteiger partial charge in [-0.15, -0.1) is 0 Å². The Balaban J connectivity index is 1.54. The number of nitrogens with zero attached hydrogens (tertiary/aromatic N) is 4. The Morgan fingerprint density at radius 1 is 1.14 bits per heavy atom. The summed E-state index contributed by atoms with van der Waals surface area (Å²) in [6.45, 7) is 7.11. The molecule has 0 atom stereocenters. The minimum absolute atomic E-state index is 0.0660. The zero-order valence-corrected chi connectivity index (χ0v) is 16.4. The maximum absolute atomic E-state index is 13.1. The normalized spacial score (nSPS) is 18.4. The van der Waals surface area contributed by atoms with E-state index in [-0.39, 0.29) is 5.91 Å². The van der Waals surface area contributed by atoms with Crippen molar-refractivity contribution < 1.29 is 14.3 Å². The first-order chi connectivity index (χ1) is 13.6. The smallest absolute Gasteiger partial charge is 0.272 e. The number of hydrogen-bond donors (Lipinski definition) is 0. The number of benzene rings is 1. The molecule has 2 saturated heterocycles. The number of amides is 1. The number of piperidine rings is 1. The Morgan fingerprint density at radius 2 is 1.82 bits per heavy atom. The average molecular weight is 382 g/mol. The predicted octanol–water partition coefficient (Wildman–Crippen LogP) is 2.92. The number of aryl methyl sites for hydroxylation is 1. The second-order valence-corrected chi connectivity index (χ2v) is 7.14. The highest BCUT2D eigenvalue weighted by Gasteiger charge is 2.41. The van der Waals surface area contributed by atoms with E-state index < -0.39 is 5.79 Å². The molecule has 2 aromatic rings. The van der Waals surface area contributed by atoms with Gasteiger partial charge in [0.1, 0.15) is 17.3 Å². The molecule has 1 amide bonds. The van der Waals surface area contributed by atoms with Crippen LogP contribution in [0.4, 0.5) is 11.5 Å². The summed E-state index contributed by atoms with van der Waals surface area (Å²) < 4.78 is 11.5. The summed E-state index contributed by atoms with van der Waals surface area (Å²) in [7, 11) is 0. The summed E-state index contributed by atoms with van der Waals surface area (Å²) in [5.41, 5.74) is 1.47. The second-order valence-electron chi connectivity index (χ2n) is 7.14. The lowest BCUT2D eigenvalue weighted by Crippen LogP contribution is -2.47. The maximum Gasteiger partial charge on any atom is 0.272 e. The summed E-state index contributed by atoms with van der Waals surface area (Å²) in [4.78, 5) is 26.0. The van der Waals surface area contributed by atoms with Gasteiger partial charge in [-0.1, -0.05) is 18.2 Å². The minimum atomic E-state index is -0.490. The van der Waals surface area contributed by atoms with Gasteiger partial charge < -0.3 is 19.3 Å². The van der Waals surface area contributed by atoms with Crippen LogP contribution in [-0.2, 0) is 9.47 Å². The van der Waals surface area contributed by atoms with Crippen molar-refractivity contribution in [1.29, 1.82) is 0 Å². The molecule has 0 aliphatic carbocycles. The van der Waals surface area contributed by atoms with E-state index in [1.54, 1.807) is 6.07 Å². The number of anilines is 2. The molecule has 1 aromatic heterocycles. The first kappa shape index (κ1) is 18.8. The van der Waals surface area contributed by atoms with Gasteiger partial charge in [-0.2, -0.15) is 0 Å². The highest BCUT2D eigenvalue weighted by molar-refractivity contribution is 5.93. The standard InChI is InChI=1S/C21H26N4O3/c1-3-25(17-7-5-4-6-8-17)19-15-18(22-16(2)23-19)20(26)24-11-9-21(10-12-24)27-13-14-28-21/h4-8,15H,3,9-14H2,1-2H3. The van der Waals surface area contributed by atoms with Gasteiger partial charge in [0.15, 0.2) is 5.79 Å². The van der Waals surface area contributed by atoms with Crippen LogP contribution in [-0.4, -0.2) is 59.4 Å². The third-order valence-corrected chi connectivity index (χ3v) is 5.33. The molecule has 0 radical (unpaired) electrons. The molecule has 0 N–H and O–H groups in total. The zero-order chi connectivity index (χ0) is 19.6. The van der Waals surface area contributed by atoms with Crippen molar-refractivity contribution in [2.75, 3.05) is 37.7 Å². The second kappa shape index (κ2) is 7.85. The summed E-state index contributed by atoms with van der Waals surface area (Å²) in [6, 6.07) is 11.8. The van der Waals surface area contributed by atoms with Crippen LogP contribution in [0.15, 0.2) is 36.4 Å². The average Bonchev–Trinajstić information content (AvgIpc) is 3.17. The molecule has 2 aliphatic heterocycles. The Bertz CT molecular complexity index is 827. The van der Waals surface area contributed by atoms with Crippen LogP contribution < -0.4 is 4.90 Å². The lowest BCUT2D eigenvalue weighted by Gasteiger charge is -2.37. The van der Waals surface area contributed by atoms with E-state index >= 15 is 0 Å². The largest absolute Gasteiger partial charge is 0.347 e. The van der Waals surface area contributed by atoms with E-state index in [2.05, 4.69) is 21.8 Å². The topological polar surface area (TPSA) is 67.8 Å². The Hall–Kier alpha value is -2.51. The van der Waals surface area contributed by atoms with Gasteiger partial charge in [0.2, 0.25) is 0 Å². The number of rotatable bonds is 4. The number of aromatic nitrogens is 2. The summed E-state index contributed by atoms with van der Waals surface area (Å²) in [5, 5.41) is 0. The predicted molar refractivity (Wildman–Crippen MR) is 106 cm³/mol. The van der Waals surface area contributed by atoms with Gasteiger partial charge >= 0.3 is 0 Å². The maximum atomic E-state index is 13.1. The Labute approximate surface area is 165 Å². The molecule has 1 aromatic carbocycles. The highest BCUT2D eigenvalue weighted by Crippen LogP contribution is 2.32. The molecule has 2 aliphatic rings. The molecule has 0 bridgehead atoms. The first-order valence-electron chi connectivity index (χ1n) is 9.86. The number of para-hydroxylation sites is 1. The van der Waals surface area contributed by atoms with Crippen LogP contribution in [0.2, 0.25) is 0 Å². The fourth-order valence-electron chi connectivity index (χ4n) is 3.88. The van der Waals surface area contributed by atoms with Crippen LogP contribution in [0.1, 0.15) is 36.1 Å². The first-order valence-corrected chi connectivity index (χ1v) is 9.86. The molecule has 3 heterocycles. The molecular formula is C21H26N4O3.